The van der Waals surface area contributed by atoms with Gasteiger partial charge in [0, 0.05) is 42.6 Å². The number of amides is 2. The highest BCUT2D eigenvalue weighted by atomic mass is 35.5. The van der Waals surface area contributed by atoms with Gasteiger partial charge in [-0.1, -0.05) is 23.7 Å². The Balaban J connectivity index is 1.58. The zero-order valence-corrected chi connectivity index (χ0v) is 15.7. The number of urea groups is 1. The normalized spacial score (nSPS) is 14.6. The van der Waals surface area contributed by atoms with Crippen molar-refractivity contribution in [2.24, 2.45) is 0 Å². The minimum Gasteiger partial charge on any atom is -0.368 e. The van der Waals surface area contributed by atoms with E-state index in [-0.39, 0.29) is 6.03 Å². The van der Waals surface area contributed by atoms with E-state index in [0.717, 1.165) is 35.1 Å². The van der Waals surface area contributed by atoms with Gasteiger partial charge < -0.3 is 15.1 Å². The number of hydrogen-bond acceptors (Lipinski definition) is 2. The van der Waals surface area contributed by atoms with Crippen molar-refractivity contribution in [1.82, 2.24) is 4.90 Å². The highest BCUT2D eigenvalue weighted by Crippen LogP contribution is 2.24. The number of piperazine rings is 1. The molecule has 0 atom stereocenters. The van der Waals surface area contributed by atoms with Crippen LogP contribution in [0.3, 0.4) is 0 Å². The molecule has 2 amide bonds. The van der Waals surface area contributed by atoms with Crippen molar-refractivity contribution in [2.45, 2.75) is 20.8 Å². The lowest BCUT2D eigenvalue weighted by Gasteiger charge is -2.36. The Morgan fingerprint density at radius 3 is 2.24 bits per heavy atom. The molecule has 3 rings (SSSR count). The number of rotatable bonds is 2. The maximum absolute atomic E-state index is 12.5. The number of carbonyl (C=O) groups is 1. The van der Waals surface area contributed by atoms with Crippen LogP contribution in [0.15, 0.2) is 36.4 Å². The third-order valence-corrected chi connectivity index (χ3v) is 5.25. The lowest BCUT2D eigenvalue weighted by Crippen LogP contribution is -2.50. The average molecular weight is 358 g/mol. The summed E-state index contributed by atoms with van der Waals surface area (Å²) in [5.41, 5.74) is 5.45. The number of nitrogens with zero attached hydrogens (tertiary/aromatic N) is 2. The van der Waals surface area contributed by atoms with Crippen molar-refractivity contribution >= 4 is 29.0 Å². The van der Waals surface area contributed by atoms with Crippen molar-refractivity contribution < 1.29 is 4.79 Å². The molecule has 132 valence electrons. The molecule has 0 spiro atoms. The van der Waals surface area contributed by atoms with Crippen molar-refractivity contribution in [3.8, 4) is 0 Å². The molecule has 1 aliphatic rings. The van der Waals surface area contributed by atoms with E-state index in [1.165, 1.54) is 11.1 Å². The quantitative estimate of drug-likeness (QED) is 0.851. The smallest absolute Gasteiger partial charge is 0.321 e. The maximum Gasteiger partial charge on any atom is 0.321 e. The lowest BCUT2D eigenvalue weighted by atomic mass is 10.1. The molecular formula is C20H24ClN3O. The maximum atomic E-state index is 12.5. The number of anilines is 2. The van der Waals surface area contributed by atoms with Crippen molar-refractivity contribution in [1.29, 1.82) is 0 Å². The number of halogens is 1. The fourth-order valence-electron chi connectivity index (χ4n) is 2.97. The molecule has 1 fully saturated rings. The second-order valence-corrected chi connectivity index (χ2v) is 7.04. The van der Waals surface area contributed by atoms with E-state index >= 15 is 0 Å². The predicted molar refractivity (Wildman–Crippen MR) is 105 cm³/mol. The Labute approximate surface area is 154 Å². The zero-order chi connectivity index (χ0) is 18.0. The molecule has 1 aliphatic heterocycles. The van der Waals surface area contributed by atoms with Gasteiger partial charge in [-0.2, -0.15) is 0 Å². The van der Waals surface area contributed by atoms with E-state index in [9.17, 15) is 4.79 Å². The topological polar surface area (TPSA) is 35.6 Å². The van der Waals surface area contributed by atoms with Crippen LogP contribution in [0, 0.1) is 20.8 Å². The van der Waals surface area contributed by atoms with E-state index in [4.69, 9.17) is 11.6 Å². The third-order valence-electron chi connectivity index (χ3n) is 4.85. The van der Waals surface area contributed by atoms with Crippen LogP contribution in [0.4, 0.5) is 16.2 Å². The Kier molecular flexibility index (Phi) is 5.19. The molecule has 25 heavy (non-hydrogen) atoms. The molecule has 0 bridgehead atoms. The summed E-state index contributed by atoms with van der Waals surface area (Å²) < 4.78 is 0. The van der Waals surface area contributed by atoms with E-state index in [2.05, 4.69) is 30.1 Å². The van der Waals surface area contributed by atoms with Gasteiger partial charge in [0.05, 0.1) is 0 Å². The van der Waals surface area contributed by atoms with Gasteiger partial charge in [0.15, 0.2) is 0 Å². The van der Waals surface area contributed by atoms with Crippen LogP contribution in [0.25, 0.3) is 0 Å². The van der Waals surface area contributed by atoms with Gasteiger partial charge in [0.1, 0.15) is 0 Å². The summed E-state index contributed by atoms with van der Waals surface area (Å²) >= 11 is 6.23. The van der Waals surface area contributed by atoms with Gasteiger partial charge in [-0.15, -0.1) is 0 Å². The molecule has 4 nitrogen and oxygen atoms in total. The average Bonchev–Trinajstić information content (AvgIpc) is 2.61. The summed E-state index contributed by atoms with van der Waals surface area (Å²) in [6, 6.07) is 12.1. The first kappa shape index (κ1) is 17.6. The van der Waals surface area contributed by atoms with Gasteiger partial charge in [0.25, 0.3) is 0 Å². The first-order valence-corrected chi connectivity index (χ1v) is 8.96. The second-order valence-electron chi connectivity index (χ2n) is 6.64. The minimum absolute atomic E-state index is 0.0372. The van der Waals surface area contributed by atoms with E-state index < -0.39 is 0 Å². The van der Waals surface area contributed by atoms with Crippen LogP contribution in [0.1, 0.15) is 16.7 Å². The summed E-state index contributed by atoms with van der Waals surface area (Å²) in [5.74, 6) is 0. The Morgan fingerprint density at radius 2 is 1.60 bits per heavy atom. The van der Waals surface area contributed by atoms with Crippen LogP contribution < -0.4 is 10.2 Å². The van der Waals surface area contributed by atoms with Gasteiger partial charge in [-0.25, -0.2) is 4.79 Å². The van der Waals surface area contributed by atoms with Crippen molar-refractivity contribution in [3.63, 3.8) is 0 Å². The van der Waals surface area contributed by atoms with Crippen LogP contribution in [-0.4, -0.2) is 37.1 Å². The van der Waals surface area contributed by atoms with Gasteiger partial charge in [0.2, 0.25) is 0 Å². The standard InChI is InChI=1S/C20H24ClN3O/c1-14-4-6-17(12-16(14)3)22-20(25)24-10-8-23(9-11-24)18-7-5-15(2)19(21)13-18/h4-7,12-13H,8-11H2,1-3H3,(H,22,25). The Hall–Kier alpha value is -2.20. The van der Waals surface area contributed by atoms with Crippen LogP contribution in [-0.2, 0) is 0 Å². The molecule has 0 saturated carbocycles. The highest BCUT2D eigenvalue weighted by Gasteiger charge is 2.21. The number of aryl methyl sites for hydroxylation is 3. The first-order valence-electron chi connectivity index (χ1n) is 8.58. The number of benzene rings is 2. The molecule has 5 heteroatoms. The molecule has 0 aliphatic carbocycles. The first-order chi connectivity index (χ1) is 11.9. The van der Waals surface area contributed by atoms with Crippen molar-refractivity contribution in [2.75, 3.05) is 36.4 Å². The van der Waals surface area contributed by atoms with E-state index in [0.29, 0.717) is 13.1 Å². The van der Waals surface area contributed by atoms with Crippen LogP contribution >= 0.6 is 11.6 Å². The summed E-state index contributed by atoms with van der Waals surface area (Å²) in [6.45, 7) is 9.12. The van der Waals surface area contributed by atoms with Gasteiger partial charge in [-0.3, -0.25) is 0 Å². The number of nitrogens with one attached hydrogen (secondary N) is 1. The molecule has 1 saturated heterocycles. The monoisotopic (exact) mass is 357 g/mol. The largest absolute Gasteiger partial charge is 0.368 e. The van der Waals surface area contributed by atoms with Crippen LogP contribution in [0.2, 0.25) is 5.02 Å². The molecular weight excluding hydrogens is 334 g/mol. The Bertz CT molecular complexity index is 783. The second kappa shape index (κ2) is 7.36. The fourth-order valence-corrected chi connectivity index (χ4v) is 3.14. The van der Waals surface area contributed by atoms with Gasteiger partial charge >= 0.3 is 6.03 Å². The summed E-state index contributed by atoms with van der Waals surface area (Å²) in [7, 11) is 0. The molecule has 1 heterocycles. The Morgan fingerprint density at radius 1 is 0.920 bits per heavy atom. The number of carbonyl (C=O) groups excluding carboxylic acids is 1. The highest BCUT2D eigenvalue weighted by molar-refractivity contribution is 6.31. The summed E-state index contributed by atoms with van der Waals surface area (Å²) in [6.07, 6.45) is 0. The molecule has 0 radical (unpaired) electrons. The molecule has 1 N–H and O–H groups in total. The third kappa shape index (κ3) is 4.07. The molecule has 2 aromatic rings. The summed E-state index contributed by atoms with van der Waals surface area (Å²) in [4.78, 5) is 16.6. The number of hydrogen-bond donors (Lipinski definition) is 1. The van der Waals surface area contributed by atoms with E-state index in [1.54, 1.807) is 0 Å². The van der Waals surface area contributed by atoms with Crippen LogP contribution in [0.5, 0.6) is 0 Å². The molecule has 0 aromatic heterocycles. The SMILES string of the molecule is Cc1ccc(NC(=O)N2CCN(c3ccc(C)c(Cl)c3)CC2)cc1C. The van der Waals surface area contributed by atoms with Crippen molar-refractivity contribution in [3.05, 3.63) is 58.1 Å². The lowest BCUT2D eigenvalue weighted by molar-refractivity contribution is 0.208. The predicted octanol–water partition coefficient (Wildman–Crippen LogP) is 4.62. The fraction of sp³-hybridized carbons (Fsp3) is 0.350. The zero-order valence-electron chi connectivity index (χ0n) is 15.0. The molecule has 0 unspecified atom stereocenters. The summed E-state index contributed by atoms with van der Waals surface area (Å²) in [5, 5.41) is 3.78. The van der Waals surface area contributed by atoms with E-state index in [1.807, 2.05) is 42.2 Å². The minimum atomic E-state index is -0.0372. The molecule has 2 aromatic carbocycles. The van der Waals surface area contributed by atoms with Gasteiger partial charge in [-0.05, 0) is 61.7 Å².